The number of benzene rings is 2. The molecule has 0 bridgehead atoms. The van der Waals surface area contributed by atoms with Crippen LogP contribution in [0.3, 0.4) is 0 Å². The van der Waals surface area contributed by atoms with Crippen LogP contribution in [0.1, 0.15) is 15.9 Å². The number of aryl methyl sites for hydroxylation is 1. The quantitative estimate of drug-likeness (QED) is 0.862. The lowest BCUT2D eigenvalue weighted by molar-refractivity contribution is 0.102. The lowest BCUT2D eigenvalue weighted by atomic mass is 10.1. The summed E-state index contributed by atoms with van der Waals surface area (Å²) in [6.07, 6.45) is 0. The van der Waals surface area contributed by atoms with Crippen LogP contribution in [-0.4, -0.2) is 13.0 Å². The number of hydrogen-bond donors (Lipinski definition) is 1. The van der Waals surface area contributed by atoms with Gasteiger partial charge in [0.25, 0.3) is 5.91 Å². The minimum Gasteiger partial charge on any atom is -0.494 e. The van der Waals surface area contributed by atoms with E-state index in [4.69, 9.17) is 10.1 Å². The van der Waals surface area contributed by atoms with Gasteiger partial charge >= 0.3 is 5.69 Å². The Morgan fingerprint density at radius 1 is 1.25 bits per heavy atom. The van der Waals surface area contributed by atoms with Crippen LogP contribution < -0.4 is 10.1 Å². The highest BCUT2D eigenvalue weighted by atomic mass is 16.5. The second-order valence-corrected chi connectivity index (χ2v) is 4.26. The molecule has 1 N–H and O–H groups in total. The normalized spacial score (nSPS) is 9.65. The molecule has 0 aliphatic carbocycles. The number of rotatable bonds is 3. The smallest absolute Gasteiger partial charge is 0.391 e. The largest absolute Gasteiger partial charge is 0.494 e. The molecule has 5 heteroatoms. The average Bonchev–Trinajstić information content (AvgIpc) is 2.48. The summed E-state index contributed by atoms with van der Waals surface area (Å²) < 4.78 is 5.19. The van der Waals surface area contributed by atoms with E-state index in [-0.39, 0.29) is 5.91 Å². The third-order valence-corrected chi connectivity index (χ3v) is 2.91. The number of carbonyl (C=O) groups is 1. The number of methoxy groups -OCH3 is 1. The summed E-state index contributed by atoms with van der Waals surface area (Å²) in [5.74, 6) is 0.213. The van der Waals surface area contributed by atoms with Crippen LogP contribution in [-0.2, 0) is 0 Å². The van der Waals surface area contributed by atoms with Crippen molar-refractivity contribution in [3.05, 3.63) is 58.6 Å². The number of hydrogen-bond acceptors (Lipinski definition) is 3. The molecule has 1 amide bonds. The molecule has 0 aliphatic heterocycles. The van der Waals surface area contributed by atoms with E-state index in [0.717, 1.165) is 5.56 Å². The van der Waals surface area contributed by atoms with Crippen LogP contribution in [0.4, 0.5) is 11.4 Å². The van der Waals surface area contributed by atoms with Gasteiger partial charge < -0.3 is 10.1 Å². The highest BCUT2D eigenvalue weighted by molar-refractivity contribution is 6.05. The molecule has 0 heterocycles. The molecule has 0 aliphatic rings. The van der Waals surface area contributed by atoms with Gasteiger partial charge in [0, 0.05) is 11.1 Å². The summed E-state index contributed by atoms with van der Waals surface area (Å²) in [5, 5.41) is 11.7. The Hall–Kier alpha value is -2.87. The number of anilines is 1. The summed E-state index contributed by atoms with van der Waals surface area (Å²) in [7, 11) is 1.49. The fourth-order valence-electron chi connectivity index (χ4n) is 1.84. The van der Waals surface area contributed by atoms with E-state index in [2.05, 4.69) is 10.3 Å². The van der Waals surface area contributed by atoms with E-state index < -0.39 is 0 Å². The van der Waals surface area contributed by atoms with Crippen molar-refractivity contribution < 1.29 is 9.53 Å². The second kappa shape index (κ2) is 5.85. The molecule has 2 rings (SSSR count). The van der Waals surface area contributed by atoms with Gasteiger partial charge in [-0.25, -0.2) is 0 Å². The van der Waals surface area contributed by atoms with E-state index in [0.29, 0.717) is 22.7 Å². The maximum Gasteiger partial charge on any atom is 0.391 e. The Morgan fingerprint density at radius 3 is 2.55 bits per heavy atom. The Balaban J connectivity index is 2.32. The lowest BCUT2D eigenvalue weighted by Gasteiger charge is -2.10. The van der Waals surface area contributed by atoms with Crippen molar-refractivity contribution >= 4 is 17.3 Å². The molecule has 100 valence electrons. The fraction of sp³-hybridized carbons (Fsp3) is 0.133. The first kappa shape index (κ1) is 13.6. The minimum absolute atomic E-state index is 0.225. The second-order valence-electron chi connectivity index (χ2n) is 4.26. The Labute approximate surface area is 116 Å². The Kier molecular flexibility index (Phi) is 3.96. The zero-order valence-electron chi connectivity index (χ0n) is 11.3. The predicted octanol–water partition coefficient (Wildman–Crippen LogP) is 3.74. The van der Waals surface area contributed by atoms with Gasteiger partial charge in [0.2, 0.25) is 5.39 Å². The van der Waals surface area contributed by atoms with E-state index in [1.165, 1.54) is 7.11 Å². The first-order valence-electron chi connectivity index (χ1n) is 6.06. The number of ether oxygens (including phenoxy) is 1. The van der Waals surface area contributed by atoms with Crippen molar-refractivity contribution in [3.8, 4) is 5.75 Å². The highest BCUT2D eigenvalue weighted by Crippen LogP contribution is 2.33. The number of diazo groups is 1. The number of nitrogens with zero attached hydrogens (tertiary/aromatic N) is 2. The van der Waals surface area contributed by atoms with Crippen LogP contribution >= 0.6 is 0 Å². The molecule has 0 saturated carbocycles. The molecule has 0 atom stereocenters. The SMILES string of the molecule is COc1cc([N+]#N)c(C)cc1NC(=O)c1ccccc1. The zero-order chi connectivity index (χ0) is 14.5. The van der Waals surface area contributed by atoms with Crippen LogP contribution in [0.15, 0.2) is 42.5 Å². The molecule has 0 fully saturated rings. The molecular formula is C15H14N3O2+. The lowest BCUT2D eigenvalue weighted by Crippen LogP contribution is -2.12. The number of nitrogens with one attached hydrogen (secondary N) is 1. The van der Waals surface area contributed by atoms with Crippen LogP contribution in [0, 0.1) is 12.3 Å². The van der Waals surface area contributed by atoms with Crippen molar-refractivity contribution in [2.45, 2.75) is 6.92 Å². The first-order chi connectivity index (χ1) is 9.65. The maximum absolute atomic E-state index is 12.1. The summed E-state index contributed by atoms with van der Waals surface area (Å²) in [5.41, 5.74) is 2.23. The fourth-order valence-corrected chi connectivity index (χ4v) is 1.84. The maximum atomic E-state index is 12.1. The molecule has 0 radical (unpaired) electrons. The van der Waals surface area contributed by atoms with E-state index in [9.17, 15) is 4.79 Å². The molecule has 0 spiro atoms. The zero-order valence-corrected chi connectivity index (χ0v) is 11.3. The van der Waals surface area contributed by atoms with Gasteiger partial charge in [0.1, 0.15) is 5.75 Å². The van der Waals surface area contributed by atoms with Crippen LogP contribution in [0.2, 0.25) is 0 Å². The van der Waals surface area contributed by atoms with Crippen molar-refractivity contribution in [2.75, 3.05) is 12.4 Å². The van der Waals surface area contributed by atoms with Gasteiger partial charge in [0.05, 0.1) is 18.9 Å². The first-order valence-corrected chi connectivity index (χ1v) is 6.06. The standard InChI is InChI=1S/C15H13N3O2/c1-10-8-13(14(20-2)9-12(10)18-16)17-15(19)11-6-4-3-5-7-11/h3-9H,1-2H3/p+1. The molecule has 20 heavy (non-hydrogen) atoms. The predicted molar refractivity (Wildman–Crippen MR) is 76.9 cm³/mol. The Morgan fingerprint density at radius 2 is 1.95 bits per heavy atom. The molecule has 5 nitrogen and oxygen atoms in total. The molecule has 2 aromatic rings. The summed E-state index contributed by atoms with van der Waals surface area (Å²) in [6.45, 7) is 1.78. The van der Waals surface area contributed by atoms with Crippen molar-refractivity contribution in [2.24, 2.45) is 0 Å². The van der Waals surface area contributed by atoms with Gasteiger partial charge in [-0.05, 0) is 25.1 Å². The van der Waals surface area contributed by atoms with Gasteiger partial charge in [0.15, 0.2) is 4.98 Å². The Bertz CT molecular complexity index is 676. The van der Waals surface area contributed by atoms with E-state index in [1.807, 2.05) is 6.07 Å². The topological polar surface area (TPSA) is 66.5 Å². The van der Waals surface area contributed by atoms with Crippen LogP contribution in [0.25, 0.3) is 4.98 Å². The van der Waals surface area contributed by atoms with Gasteiger partial charge in [-0.3, -0.25) is 4.79 Å². The minimum atomic E-state index is -0.225. The van der Waals surface area contributed by atoms with Gasteiger partial charge in [-0.2, -0.15) is 0 Å². The molecule has 0 aromatic heterocycles. The van der Waals surface area contributed by atoms with E-state index in [1.54, 1.807) is 43.3 Å². The van der Waals surface area contributed by atoms with Gasteiger partial charge in [-0.15, -0.1) is 0 Å². The third kappa shape index (κ3) is 2.75. The van der Waals surface area contributed by atoms with Crippen LogP contribution in [0.5, 0.6) is 5.75 Å². The molecule has 2 aromatic carbocycles. The highest BCUT2D eigenvalue weighted by Gasteiger charge is 2.17. The van der Waals surface area contributed by atoms with Crippen molar-refractivity contribution in [1.29, 1.82) is 5.39 Å². The van der Waals surface area contributed by atoms with Gasteiger partial charge in [-0.1, -0.05) is 18.2 Å². The van der Waals surface area contributed by atoms with E-state index >= 15 is 0 Å². The summed E-state index contributed by atoms with van der Waals surface area (Å²) in [6, 6.07) is 12.2. The van der Waals surface area contributed by atoms with Crippen molar-refractivity contribution in [3.63, 3.8) is 0 Å². The monoisotopic (exact) mass is 268 g/mol. The summed E-state index contributed by atoms with van der Waals surface area (Å²) in [4.78, 5) is 15.3. The summed E-state index contributed by atoms with van der Waals surface area (Å²) >= 11 is 0. The third-order valence-electron chi connectivity index (χ3n) is 2.91. The molecule has 0 saturated heterocycles. The number of carbonyl (C=O) groups excluding carboxylic acids is 1. The average molecular weight is 268 g/mol. The molecular weight excluding hydrogens is 254 g/mol. The van der Waals surface area contributed by atoms with Crippen molar-refractivity contribution in [1.82, 2.24) is 0 Å². The molecule has 0 unspecified atom stereocenters. The number of amides is 1.